The molecule has 7 heteroatoms. The molecular formula is C16H24N4O3. The molecule has 0 radical (unpaired) electrons. The molecule has 1 aliphatic rings. The molecule has 2 rings (SSSR count). The van der Waals surface area contributed by atoms with E-state index in [-0.39, 0.29) is 24.4 Å². The molecule has 1 saturated heterocycles. The Hall–Kier alpha value is -1.99. The average Bonchev–Trinajstić information content (AvgIpc) is 2.54. The molecule has 126 valence electrons. The lowest BCUT2D eigenvalue weighted by Crippen LogP contribution is -2.50. The molecule has 2 heterocycles. The van der Waals surface area contributed by atoms with E-state index >= 15 is 0 Å². The fourth-order valence-corrected chi connectivity index (χ4v) is 2.39. The molecule has 0 saturated carbocycles. The van der Waals surface area contributed by atoms with Gasteiger partial charge in [-0.15, -0.1) is 0 Å². The zero-order valence-electron chi connectivity index (χ0n) is 13.9. The maximum atomic E-state index is 12.4. The van der Waals surface area contributed by atoms with Gasteiger partial charge in [-0.05, 0) is 33.0 Å². The average molecular weight is 320 g/mol. The van der Waals surface area contributed by atoms with E-state index < -0.39 is 0 Å². The predicted octanol–water partition coefficient (Wildman–Crippen LogP) is 0.508. The van der Waals surface area contributed by atoms with E-state index in [0.29, 0.717) is 32.1 Å². The van der Waals surface area contributed by atoms with Crippen LogP contribution in [0.15, 0.2) is 18.2 Å². The Morgan fingerprint density at radius 1 is 1.39 bits per heavy atom. The van der Waals surface area contributed by atoms with Gasteiger partial charge in [0.15, 0.2) is 0 Å². The number of anilines is 1. The van der Waals surface area contributed by atoms with E-state index in [1.165, 1.54) is 0 Å². The Morgan fingerprint density at radius 2 is 2.09 bits per heavy atom. The topological polar surface area (TPSA) is 74.8 Å². The molecule has 0 aliphatic carbocycles. The van der Waals surface area contributed by atoms with E-state index in [1.54, 1.807) is 22.9 Å². The number of morpholine rings is 1. The van der Waals surface area contributed by atoms with Gasteiger partial charge < -0.3 is 15.0 Å². The number of likely N-dealkylation sites (N-methyl/N-ethyl adjacent to an activating group) is 1. The minimum Gasteiger partial charge on any atom is -0.378 e. The van der Waals surface area contributed by atoms with Crippen LogP contribution in [0.2, 0.25) is 0 Å². The van der Waals surface area contributed by atoms with E-state index in [0.717, 1.165) is 5.69 Å². The van der Waals surface area contributed by atoms with Crippen molar-refractivity contribution < 1.29 is 14.3 Å². The van der Waals surface area contributed by atoms with Crippen molar-refractivity contribution in [1.29, 1.82) is 0 Å². The van der Waals surface area contributed by atoms with E-state index in [9.17, 15) is 9.59 Å². The fraction of sp³-hybridized carbons (Fsp3) is 0.562. The van der Waals surface area contributed by atoms with Crippen molar-refractivity contribution in [3.05, 3.63) is 23.9 Å². The van der Waals surface area contributed by atoms with Crippen LogP contribution < -0.4 is 5.32 Å². The molecule has 1 fully saturated rings. The van der Waals surface area contributed by atoms with Crippen molar-refractivity contribution in [3.63, 3.8) is 0 Å². The summed E-state index contributed by atoms with van der Waals surface area (Å²) in [6.07, 6.45) is 0. The summed E-state index contributed by atoms with van der Waals surface area (Å²) in [5.41, 5.74) is 0.840. The molecule has 1 aromatic rings. The SMILES string of the molecule is Cc1cccc(NC(=O)CN(C)[C@H](C)C(=O)N2CCOCC2)n1. The Balaban J connectivity index is 1.85. The summed E-state index contributed by atoms with van der Waals surface area (Å²) >= 11 is 0. The molecule has 0 aromatic carbocycles. The number of carbonyl (C=O) groups is 2. The van der Waals surface area contributed by atoms with Crippen molar-refractivity contribution in [2.45, 2.75) is 19.9 Å². The summed E-state index contributed by atoms with van der Waals surface area (Å²) in [7, 11) is 1.77. The summed E-state index contributed by atoms with van der Waals surface area (Å²) < 4.78 is 5.25. The first-order chi connectivity index (χ1) is 11.0. The van der Waals surface area contributed by atoms with Crippen LogP contribution in [-0.2, 0) is 14.3 Å². The van der Waals surface area contributed by atoms with Gasteiger partial charge in [0, 0.05) is 18.8 Å². The first-order valence-electron chi connectivity index (χ1n) is 7.77. The number of hydrogen-bond acceptors (Lipinski definition) is 5. The number of rotatable bonds is 5. The Kier molecular flexibility index (Phi) is 6.06. The lowest BCUT2D eigenvalue weighted by Gasteiger charge is -2.32. The minimum atomic E-state index is -0.357. The number of ether oxygens (including phenoxy) is 1. The first kappa shape index (κ1) is 17.4. The highest BCUT2D eigenvalue weighted by Gasteiger charge is 2.26. The van der Waals surface area contributed by atoms with E-state index in [4.69, 9.17) is 4.74 Å². The predicted molar refractivity (Wildman–Crippen MR) is 87.1 cm³/mol. The van der Waals surface area contributed by atoms with Crippen LogP contribution in [0.3, 0.4) is 0 Å². The number of amides is 2. The molecule has 1 aromatic heterocycles. The van der Waals surface area contributed by atoms with E-state index in [2.05, 4.69) is 10.3 Å². The summed E-state index contributed by atoms with van der Waals surface area (Å²) in [5.74, 6) is 0.361. The van der Waals surface area contributed by atoms with Gasteiger partial charge in [-0.3, -0.25) is 14.5 Å². The van der Waals surface area contributed by atoms with Crippen LogP contribution in [0.1, 0.15) is 12.6 Å². The second-order valence-electron chi connectivity index (χ2n) is 5.74. The molecule has 0 spiro atoms. The van der Waals surface area contributed by atoms with Gasteiger partial charge in [-0.25, -0.2) is 4.98 Å². The number of aryl methyl sites for hydroxylation is 1. The highest BCUT2D eigenvalue weighted by Crippen LogP contribution is 2.07. The highest BCUT2D eigenvalue weighted by atomic mass is 16.5. The zero-order valence-corrected chi connectivity index (χ0v) is 13.9. The normalized spacial score (nSPS) is 16.3. The number of nitrogens with zero attached hydrogens (tertiary/aromatic N) is 3. The van der Waals surface area contributed by atoms with Gasteiger partial charge in [-0.2, -0.15) is 0 Å². The second-order valence-corrected chi connectivity index (χ2v) is 5.74. The van der Waals surface area contributed by atoms with Crippen molar-refractivity contribution in [2.24, 2.45) is 0 Å². The summed E-state index contributed by atoms with van der Waals surface area (Å²) in [6.45, 7) is 6.17. The third-order valence-electron chi connectivity index (χ3n) is 3.89. The van der Waals surface area contributed by atoms with Crippen LogP contribution in [0.4, 0.5) is 5.82 Å². The number of nitrogens with one attached hydrogen (secondary N) is 1. The first-order valence-corrected chi connectivity index (χ1v) is 7.77. The molecule has 1 aliphatic heterocycles. The molecule has 1 atom stereocenters. The molecule has 23 heavy (non-hydrogen) atoms. The van der Waals surface area contributed by atoms with Crippen molar-refractivity contribution in [3.8, 4) is 0 Å². The van der Waals surface area contributed by atoms with Gasteiger partial charge in [0.1, 0.15) is 5.82 Å². The lowest BCUT2D eigenvalue weighted by atomic mass is 10.2. The Morgan fingerprint density at radius 3 is 2.74 bits per heavy atom. The molecule has 1 N–H and O–H groups in total. The number of pyridine rings is 1. The highest BCUT2D eigenvalue weighted by molar-refractivity contribution is 5.92. The van der Waals surface area contributed by atoms with Gasteiger partial charge in [0.05, 0.1) is 25.8 Å². The van der Waals surface area contributed by atoms with Crippen LogP contribution in [0, 0.1) is 6.92 Å². The number of carbonyl (C=O) groups excluding carboxylic acids is 2. The van der Waals surface area contributed by atoms with Gasteiger partial charge in [0.25, 0.3) is 0 Å². The summed E-state index contributed by atoms with van der Waals surface area (Å²) in [5, 5.41) is 2.75. The van der Waals surface area contributed by atoms with Crippen molar-refractivity contribution >= 4 is 17.6 Å². The number of aromatic nitrogens is 1. The summed E-state index contributed by atoms with van der Waals surface area (Å²) in [6, 6.07) is 5.09. The van der Waals surface area contributed by atoms with Gasteiger partial charge in [0.2, 0.25) is 11.8 Å². The standard InChI is InChI=1S/C16H24N4O3/c1-12-5-4-6-14(17-12)18-15(21)11-19(3)13(2)16(22)20-7-9-23-10-8-20/h4-6,13H,7-11H2,1-3H3,(H,17,18,21)/t13-/m1/s1. The summed E-state index contributed by atoms with van der Waals surface area (Å²) in [4.78, 5) is 32.3. The maximum Gasteiger partial charge on any atom is 0.239 e. The monoisotopic (exact) mass is 320 g/mol. The van der Waals surface area contributed by atoms with Crippen LogP contribution in [-0.4, -0.2) is 72.5 Å². The smallest absolute Gasteiger partial charge is 0.239 e. The second kappa shape index (κ2) is 8.03. The number of hydrogen-bond donors (Lipinski definition) is 1. The van der Waals surface area contributed by atoms with Crippen molar-refractivity contribution in [2.75, 3.05) is 45.2 Å². The minimum absolute atomic E-state index is 0.0253. The van der Waals surface area contributed by atoms with Crippen molar-refractivity contribution in [1.82, 2.24) is 14.8 Å². The van der Waals surface area contributed by atoms with Crippen LogP contribution in [0.5, 0.6) is 0 Å². The largest absolute Gasteiger partial charge is 0.378 e. The Labute approximate surface area is 136 Å². The molecule has 0 bridgehead atoms. The molecule has 0 unspecified atom stereocenters. The lowest BCUT2D eigenvalue weighted by molar-refractivity contribution is -0.140. The third kappa shape index (κ3) is 5.01. The van der Waals surface area contributed by atoms with Crippen LogP contribution >= 0.6 is 0 Å². The molecule has 7 nitrogen and oxygen atoms in total. The third-order valence-corrected chi connectivity index (χ3v) is 3.89. The van der Waals surface area contributed by atoms with Gasteiger partial charge >= 0.3 is 0 Å². The fourth-order valence-electron chi connectivity index (χ4n) is 2.39. The van der Waals surface area contributed by atoms with Gasteiger partial charge in [-0.1, -0.05) is 6.07 Å². The zero-order chi connectivity index (χ0) is 16.8. The van der Waals surface area contributed by atoms with Crippen LogP contribution in [0.25, 0.3) is 0 Å². The maximum absolute atomic E-state index is 12.4. The van der Waals surface area contributed by atoms with E-state index in [1.807, 2.05) is 26.0 Å². The molecular weight excluding hydrogens is 296 g/mol. The molecule has 2 amide bonds. The quantitative estimate of drug-likeness (QED) is 0.855. The Bertz CT molecular complexity index is 558.